The lowest BCUT2D eigenvalue weighted by Crippen LogP contribution is -2.04. The molecule has 28 heavy (non-hydrogen) atoms. The zero-order valence-corrected chi connectivity index (χ0v) is 18.5. The molecule has 0 aliphatic carbocycles. The molecule has 1 aromatic heterocycles. The van der Waals surface area contributed by atoms with Gasteiger partial charge in [0.05, 0.1) is 16.7 Å². The molecule has 7 heteroatoms. The molecule has 3 aromatic rings. The monoisotopic (exact) mass is 435 g/mol. The third kappa shape index (κ3) is 5.22. The first-order valence-electron chi connectivity index (χ1n) is 9.21. The van der Waals surface area contributed by atoms with Crippen LogP contribution in [0.3, 0.4) is 0 Å². The number of aromatic nitrogens is 3. The average molecular weight is 436 g/mol. The smallest absolute Gasteiger partial charge is 0.191 e. The van der Waals surface area contributed by atoms with Gasteiger partial charge in [-0.15, -0.1) is 10.2 Å². The Morgan fingerprint density at radius 3 is 2.43 bits per heavy atom. The molecule has 0 aliphatic rings. The van der Waals surface area contributed by atoms with Gasteiger partial charge in [0.2, 0.25) is 0 Å². The molecule has 0 saturated carbocycles. The molecule has 0 radical (unpaired) electrons. The van der Waals surface area contributed by atoms with Crippen LogP contribution in [-0.2, 0) is 12.3 Å². The molecule has 1 heterocycles. The number of halogens is 2. The maximum absolute atomic E-state index is 6.11. The van der Waals surface area contributed by atoms with Crippen LogP contribution in [0.4, 0.5) is 0 Å². The van der Waals surface area contributed by atoms with Crippen LogP contribution in [0, 0.1) is 5.92 Å². The highest BCUT2D eigenvalue weighted by Gasteiger charge is 2.14. The minimum atomic E-state index is 0.498. The number of benzene rings is 2. The van der Waals surface area contributed by atoms with Gasteiger partial charge in [0.15, 0.2) is 11.0 Å². The van der Waals surface area contributed by atoms with Crippen LogP contribution in [0.25, 0.3) is 11.4 Å². The second-order valence-corrected chi connectivity index (χ2v) is 8.57. The predicted molar refractivity (Wildman–Crippen MR) is 117 cm³/mol. The van der Waals surface area contributed by atoms with Gasteiger partial charge < -0.3 is 9.30 Å². The lowest BCUT2D eigenvalue weighted by molar-refractivity contribution is 0.271. The molecule has 0 saturated heterocycles. The highest BCUT2D eigenvalue weighted by molar-refractivity contribution is 7.98. The maximum Gasteiger partial charge on any atom is 0.191 e. The van der Waals surface area contributed by atoms with Crippen molar-refractivity contribution in [2.75, 3.05) is 6.61 Å². The lowest BCUT2D eigenvalue weighted by Gasteiger charge is -2.10. The average Bonchev–Trinajstić information content (AvgIpc) is 3.10. The van der Waals surface area contributed by atoms with Gasteiger partial charge in [-0.1, -0.05) is 54.9 Å². The van der Waals surface area contributed by atoms with E-state index in [-0.39, 0.29) is 0 Å². The van der Waals surface area contributed by atoms with Gasteiger partial charge in [0.1, 0.15) is 5.75 Å². The molecule has 0 spiro atoms. The summed E-state index contributed by atoms with van der Waals surface area (Å²) in [6.45, 7) is 7.86. The number of hydrogen-bond donors (Lipinski definition) is 0. The molecule has 0 fully saturated rings. The van der Waals surface area contributed by atoms with E-state index in [0.29, 0.717) is 22.6 Å². The number of thioether (sulfide) groups is 1. The lowest BCUT2D eigenvalue weighted by atomic mass is 10.2. The summed E-state index contributed by atoms with van der Waals surface area (Å²) in [5.74, 6) is 2.97. The molecular weight excluding hydrogens is 413 g/mol. The van der Waals surface area contributed by atoms with E-state index in [2.05, 4.69) is 35.5 Å². The number of rotatable bonds is 8. The SMILES string of the molecule is CCn1c(SCc2ccc(Cl)c(Cl)c2)nnc1-c1ccc(OCC(C)C)cc1. The standard InChI is InChI=1S/C21H23Cl2N3OS/c1-4-26-20(16-6-8-17(9-7-16)27-12-14(2)3)24-25-21(26)28-13-15-5-10-18(22)19(23)11-15/h5-11,14H,4,12-13H2,1-3H3. The van der Waals surface area contributed by atoms with E-state index < -0.39 is 0 Å². The van der Waals surface area contributed by atoms with E-state index in [1.54, 1.807) is 11.8 Å². The fraction of sp³-hybridized carbons (Fsp3) is 0.333. The Hall–Kier alpha value is -1.69. The van der Waals surface area contributed by atoms with Crippen LogP contribution in [0.2, 0.25) is 10.0 Å². The first kappa shape index (κ1) is 21.0. The Balaban J connectivity index is 1.73. The van der Waals surface area contributed by atoms with E-state index >= 15 is 0 Å². The molecule has 0 aliphatic heterocycles. The molecular formula is C21H23Cl2N3OS. The maximum atomic E-state index is 6.11. The summed E-state index contributed by atoms with van der Waals surface area (Å²) >= 11 is 13.7. The van der Waals surface area contributed by atoms with Crippen molar-refractivity contribution in [3.63, 3.8) is 0 Å². The van der Waals surface area contributed by atoms with Crippen molar-refractivity contribution in [2.45, 2.75) is 38.2 Å². The first-order chi connectivity index (χ1) is 13.5. The molecule has 0 atom stereocenters. The fourth-order valence-corrected chi connectivity index (χ4v) is 3.90. The van der Waals surface area contributed by atoms with E-state index in [4.69, 9.17) is 27.9 Å². The zero-order valence-electron chi connectivity index (χ0n) is 16.2. The van der Waals surface area contributed by atoms with Crippen molar-refractivity contribution in [1.29, 1.82) is 0 Å². The van der Waals surface area contributed by atoms with E-state index in [1.807, 2.05) is 42.5 Å². The highest BCUT2D eigenvalue weighted by atomic mass is 35.5. The first-order valence-corrected chi connectivity index (χ1v) is 10.9. The van der Waals surface area contributed by atoms with Gasteiger partial charge in [-0.05, 0) is 54.8 Å². The third-order valence-electron chi connectivity index (χ3n) is 4.08. The molecule has 0 amide bonds. The topological polar surface area (TPSA) is 39.9 Å². The quantitative estimate of drug-likeness (QED) is 0.373. The Kier molecular flexibility index (Phi) is 7.27. The van der Waals surface area contributed by atoms with Gasteiger partial charge >= 0.3 is 0 Å². The van der Waals surface area contributed by atoms with Crippen LogP contribution >= 0.6 is 35.0 Å². The Bertz CT molecular complexity index is 926. The van der Waals surface area contributed by atoms with Crippen LogP contribution in [0.5, 0.6) is 5.75 Å². The summed E-state index contributed by atoms with van der Waals surface area (Å²) in [6, 6.07) is 13.7. The van der Waals surface area contributed by atoms with Crippen LogP contribution in [-0.4, -0.2) is 21.4 Å². The number of nitrogens with zero attached hydrogens (tertiary/aromatic N) is 3. The van der Waals surface area contributed by atoms with Crippen molar-refractivity contribution in [1.82, 2.24) is 14.8 Å². The molecule has 0 unspecified atom stereocenters. The van der Waals surface area contributed by atoms with Crippen molar-refractivity contribution in [3.05, 3.63) is 58.1 Å². The van der Waals surface area contributed by atoms with E-state index in [1.165, 1.54) is 0 Å². The van der Waals surface area contributed by atoms with Gasteiger partial charge in [-0.25, -0.2) is 0 Å². The van der Waals surface area contributed by atoms with Gasteiger partial charge in [-0.2, -0.15) is 0 Å². The summed E-state index contributed by atoms with van der Waals surface area (Å²) in [6.07, 6.45) is 0. The second-order valence-electron chi connectivity index (χ2n) is 6.82. The zero-order chi connectivity index (χ0) is 20.1. The summed E-state index contributed by atoms with van der Waals surface area (Å²) < 4.78 is 7.88. The Labute approximate surface area is 180 Å². The Morgan fingerprint density at radius 2 is 1.79 bits per heavy atom. The van der Waals surface area contributed by atoms with Crippen molar-refractivity contribution >= 4 is 35.0 Å². The molecule has 3 rings (SSSR count). The van der Waals surface area contributed by atoms with Crippen LogP contribution in [0.15, 0.2) is 47.6 Å². The van der Waals surface area contributed by atoms with Crippen molar-refractivity contribution in [3.8, 4) is 17.1 Å². The fourth-order valence-electron chi connectivity index (χ4n) is 2.63. The van der Waals surface area contributed by atoms with Crippen molar-refractivity contribution in [2.24, 2.45) is 5.92 Å². The van der Waals surface area contributed by atoms with E-state index in [0.717, 1.165) is 40.2 Å². The molecule has 2 aromatic carbocycles. The molecule has 148 valence electrons. The van der Waals surface area contributed by atoms with Gasteiger partial charge in [0.25, 0.3) is 0 Å². The summed E-state index contributed by atoms with van der Waals surface area (Å²) in [4.78, 5) is 0. The minimum absolute atomic E-state index is 0.498. The number of hydrogen-bond acceptors (Lipinski definition) is 4. The molecule has 4 nitrogen and oxygen atoms in total. The minimum Gasteiger partial charge on any atom is -0.493 e. The largest absolute Gasteiger partial charge is 0.493 e. The highest BCUT2D eigenvalue weighted by Crippen LogP contribution is 2.29. The predicted octanol–water partition coefficient (Wildman–Crippen LogP) is 6.60. The summed E-state index contributed by atoms with van der Waals surface area (Å²) in [5.41, 5.74) is 2.12. The Morgan fingerprint density at radius 1 is 1.04 bits per heavy atom. The number of ether oxygens (including phenoxy) is 1. The second kappa shape index (κ2) is 9.68. The van der Waals surface area contributed by atoms with Crippen molar-refractivity contribution < 1.29 is 4.74 Å². The van der Waals surface area contributed by atoms with Gasteiger partial charge in [0, 0.05) is 17.9 Å². The van der Waals surface area contributed by atoms with Crippen LogP contribution in [0.1, 0.15) is 26.3 Å². The normalized spacial score (nSPS) is 11.2. The molecule has 0 N–H and O–H groups in total. The van der Waals surface area contributed by atoms with Crippen LogP contribution < -0.4 is 4.74 Å². The van der Waals surface area contributed by atoms with Gasteiger partial charge in [-0.3, -0.25) is 0 Å². The van der Waals surface area contributed by atoms with E-state index in [9.17, 15) is 0 Å². The summed E-state index contributed by atoms with van der Waals surface area (Å²) in [7, 11) is 0. The molecule has 0 bridgehead atoms. The summed E-state index contributed by atoms with van der Waals surface area (Å²) in [5, 5.41) is 10.8. The third-order valence-corrected chi connectivity index (χ3v) is 5.86.